The van der Waals surface area contributed by atoms with Gasteiger partial charge in [-0.15, -0.1) is 0 Å². The van der Waals surface area contributed by atoms with Gasteiger partial charge >= 0.3 is 0 Å². The minimum Gasteiger partial charge on any atom is -0.337 e. The lowest BCUT2D eigenvalue weighted by atomic mass is 9.92. The van der Waals surface area contributed by atoms with Crippen molar-refractivity contribution in [3.05, 3.63) is 71.3 Å². The van der Waals surface area contributed by atoms with E-state index in [0.29, 0.717) is 24.9 Å². The van der Waals surface area contributed by atoms with Crippen molar-refractivity contribution in [1.82, 2.24) is 14.7 Å². The number of amides is 2. The highest BCUT2D eigenvalue weighted by atomic mass is 16.2. The van der Waals surface area contributed by atoms with E-state index in [1.807, 2.05) is 35.2 Å². The summed E-state index contributed by atoms with van der Waals surface area (Å²) in [6, 6.07) is 18.0. The molecule has 2 fully saturated rings. The Kier molecular flexibility index (Phi) is 6.26. The quantitative estimate of drug-likeness (QED) is 0.743. The molecule has 1 saturated carbocycles. The standard InChI is InChI=1S/C27H33N3O2/c31-26(23-11-2-1-3-12-23)29-18-16-28(17-19-29)25(22-9-5-6-10-22)27(32)30-15-14-21-8-4-7-13-24(21)20-30/h1-4,7-8,11-13,22,25H,5-6,9-10,14-20H2/t25-/m0/s1. The summed E-state index contributed by atoms with van der Waals surface area (Å²) >= 11 is 0. The number of carbonyl (C=O) groups is 2. The molecule has 5 nitrogen and oxygen atoms in total. The highest BCUT2D eigenvalue weighted by Crippen LogP contribution is 2.33. The molecule has 2 aromatic rings. The third-order valence-corrected chi connectivity index (χ3v) is 7.56. The molecule has 0 spiro atoms. The smallest absolute Gasteiger partial charge is 0.253 e. The maximum atomic E-state index is 13.8. The number of nitrogens with zero attached hydrogens (tertiary/aromatic N) is 3. The van der Waals surface area contributed by atoms with Crippen LogP contribution in [0.4, 0.5) is 0 Å². The predicted octanol–water partition coefficient (Wildman–Crippen LogP) is 3.59. The van der Waals surface area contributed by atoms with Gasteiger partial charge in [-0.3, -0.25) is 14.5 Å². The van der Waals surface area contributed by atoms with Crippen molar-refractivity contribution in [2.45, 2.75) is 44.7 Å². The second-order valence-electron chi connectivity index (χ2n) is 9.46. The second kappa shape index (κ2) is 9.45. The number of rotatable bonds is 4. The summed E-state index contributed by atoms with van der Waals surface area (Å²) in [7, 11) is 0. The molecule has 0 aromatic heterocycles. The summed E-state index contributed by atoms with van der Waals surface area (Å²) in [5.41, 5.74) is 3.41. The van der Waals surface area contributed by atoms with Gasteiger partial charge in [-0.2, -0.15) is 0 Å². The number of carbonyl (C=O) groups excluding carboxylic acids is 2. The van der Waals surface area contributed by atoms with Crippen molar-refractivity contribution in [3.63, 3.8) is 0 Å². The second-order valence-corrected chi connectivity index (χ2v) is 9.46. The number of fused-ring (bicyclic) bond motifs is 1. The van der Waals surface area contributed by atoms with E-state index in [1.54, 1.807) is 0 Å². The summed E-state index contributed by atoms with van der Waals surface area (Å²) in [6.07, 6.45) is 5.68. The van der Waals surface area contributed by atoms with E-state index in [9.17, 15) is 9.59 Å². The SMILES string of the molecule is O=C(c1ccccc1)N1CCN([C@H](C(=O)N2CCc3ccccc3C2)C2CCCC2)CC1. The molecule has 5 rings (SSSR count). The van der Waals surface area contributed by atoms with Crippen LogP contribution in [0.2, 0.25) is 0 Å². The van der Waals surface area contributed by atoms with Crippen LogP contribution < -0.4 is 0 Å². The largest absolute Gasteiger partial charge is 0.337 e. The first-order valence-corrected chi connectivity index (χ1v) is 12.1. The van der Waals surface area contributed by atoms with Crippen LogP contribution in [0.15, 0.2) is 54.6 Å². The highest BCUT2D eigenvalue weighted by molar-refractivity contribution is 5.94. The molecule has 0 N–H and O–H groups in total. The van der Waals surface area contributed by atoms with Gasteiger partial charge in [0.15, 0.2) is 0 Å². The van der Waals surface area contributed by atoms with Crippen LogP contribution in [0.1, 0.15) is 47.2 Å². The van der Waals surface area contributed by atoms with Crippen LogP contribution in [-0.2, 0) is 17.8 Å². The van der Waals surface area contributed by atoms with Gasteiger partial charge < -0.3 is 9.80 Å². The van der Waals surface area contributed by atoms with E-state index in [4.69, 9.17) is 0 Å². The average molecular weight is 432 g/mol. The molecule has 32 heavy (non-hydrogen) atoms. The molecule has 1 atom stereocenters. The van der Waals surface area contributed by atoms with Crippen LogP contribution in [-0.4, -0.2) is 65.3 Å². The summed E-state index contributed by atoms with van der Waals surface area (Å²) in [5.74, 6) is 0.840. The lowest BCUT2D eigenvalue weighted by molar-refractivity contribution is -0.141. The van der Waals surface area contributed by atoms with Crippen LogP contribution in [0.3, 0.4) is 0 Å². The average Bonchev–Trinajstić information content (AvgIpc) is 3.39. The normalized spacial score (nSPS) is 20.8. The molecule has 0 radical (unpaired) electrons. The summed E-state index contributed by atoms with van der Waals surface area (Å²) in [4.78, 5) is 33.1. The molecule has 2 aliphatic heterocycles. The van der Waals surface area contributed by atoms with Gasteiger partial charge in [0, 0.05) is 44.8 Å². The lowest BCUT2D eigenvalue weighted by Gasteiger charge is -2.43. The Hall–Kier alpha value is -2.66. The lowest BCUT2D eigenvalue weighted by Crippen LogP contribution is -2.58. The van der Waals surface area contributed by atoms with E-state index in [1.165, 1.54) is 24.0 Å². The van der Waals surface area contributed by atoms with E-state index in [-0.39, 0.29) is 11.9 Å². The van der Waals surface area contributed by atoms with Crippen LogP contribution in [0.5, 0.6) is 0 Å². The molecule has 1 saturated heterocycles. The Morgan fingerprint density at radius 1 is 0.750 bits per heavy atom. The first-order valence-electron chi connectivity index (χ1n) is 12.1. The van der Waals surface area contributed by atoms with E-state index in [0.717, 1.165) is 51.0 Å². The maximum absolute atomic E-state index is 13.8. The molecule has 0 unspecified atom stereocenters. The zero-order valence-electron chi connectivity index (χ0n) is 18.8. The fourth-order valence-corrected chi connectivity index (χ4v) is 5.77. The molecule has 3 aliphatic rings. The van der Waals surface area contributed by atoms with Gasteiger partial charge in [0.25, 0.3) is 5.91 Å². The van der Waals surface area contributed by atoms with Gasteiger partial charge in [-0.25, -0.2) is 0 Å². The van der Waals surface area contributed by atoms with Crippen molar-refractivity contribution >= 4 is 11.8 Å². The Balaban J connectivity index is 1.28. The number of hydrogen-bond acceptors (Lipinski definition) is 3. The summed E-state index contributed by atoms with van der Waals surface area (Å²) in [5, 5.41) is 0. The van der Waals surface area contributed by atoms with E-state index >= 15 is 0 Å². The highest BCUT2D eigenvalue weighted by Gasteiger charge is 2.40. The van der Waals surface area contributed by atoms with Crippen molar-refractivity contribution < 1.29 is 9.59 Å². The Labute approximate surface area is 191 Å². The van der Waals surface area contributed by atoms with Gasteiger partial charge in [0.05, 0.1) is 6.04 Å². The Morgan fingerprint density at radius 2 is 1.41 bits per heavy atom. The Morgan fingerprint density at radius 3 is 2.12 bits per heavy atom. The van der Waals surface area contributed by atoms with E-state index < -0.39 is 0 Å². The molecule has 2 heterocycles. The van der Waals surface area contributed by atoms with Crippen molar-refractivity contribution in [2.75, 3.05) is 32.7 Å². The number of benzene rings is 2. The predicted molar refractivity (Wildman–Crippen MR) is 125 cm³/mol. The topological polar surface area (TPSA) is 43.9 Å². The summed E-state index contributed by atoms with van der Waals surface area (Å²) in [6.45, 7) is 4.46. The fourth-order valence-electron chi connectivity index (χ4n) is 5.77. The third-order valence-electron chi connectivity index (χ3n) is 7.56. The zero-order valence-corrected chi connectivity index (χ0v) is 18.8. The molecule has 5 heteroatoms. The number of hydrogen-bond donors (Lipinski definition) is 0. The molecule has 1 aliphatic carbocycles. The van der Waals surface area contributed by atoms with Gasteiger partial charge in [-0.1, -0.05) is 55.3 Å². The van der Waals surface area contributed by atoms with Gasteiger partial charge in [-0.05, 0) is 48.4 Å². The minimum absolute atomic E-state index is 0.0447. The van der Waals surface area contributed by atoms with Gasteiger partial charge in [0.1, 0.15) is 0 Å². The van der Waals surface area contributed by atoms with Crippen LogP contribution >= 0.6 is 0 Å². The molecular formula is C27H33N3O2. The van der Waals surface area contributed by atoms with Gasteiger partial charge in [0.2, 0.25) is 5.91 Å². The van der Waals surface area contributed by atoms with Crippen molar-refractivity contribution in [2.24, 2.45) is 5.92 Å². The van der Waals surface area contributed by atoms with E-state index in [2.05, 4.69) is 34.1 Å². The monoisotopic (exact) mass is 431 g/mol. The number of piperazine rings is 1. The van der Waals surface area contributed by atoms with Crippen molar-refractivity contribution in [1.29, 1.82) is 0 Å². The first kappa shape index (κ1) is 21.2. The van der Waals surface area contributed by atoms with Crippen molar-refractivity contribution in [3.8, 4) is 0 Å². The third kappa shape index (κ3) is 4.31. The molecule has 2 aromatic carbocycles. The zero-order chi connectivity index (χ0) is 21.9. The molecular weight excluding hydrogens is 398 g/mol. The maximum Gasteiger partial charge on any atom is 0.253 e. The van der Waals surface area contributed by atoms with Crippen LogP contribution in [0.25, 0.3) is 0 Å². The molecule has 0 bridgehead atoms. The minimum atomic E-state index is -0.0447. The fraction of sp³-hybridized carbons (Fsp3) is 0.481. The molecule has 168 valence electrons. The Bertz CT molecular complexity index is 946. The molecule has 2 amide bonds. The first-order chi connectivity index (χ1) is 15.7. The van der Waals surface area contributed by atoms with Crippen LogP contribution in [0, 0.1) is 5.92 Å². The summed E-state index contributed by atoms with van der Waals surface area (Å²) < 4.78 is 0.